The smallest absolute Gasteiger partial charge is 0.178 e. The van der Waals surface area contributed by atoms with E-state index in [1.807, 2.05) is 36.4 Å². The molecule has 0 bridgehead atoms. The molecule has 32 heavy (non-hydrogen) atoms. The van der Waals surface area contributed by atoms with Gasteiger partial charge in [-0.2, -0.15) is 5.26 Å². The molecule has 1 aliphatic heterocycles. The van der Waals surface area contributed by atoms with Gasteiger partial charge in [0.1, 0.15) is 5.75 Å². The summed E-state index contributed by atoms with van der Waals surface area (Å²) in [5.41, 5.74) is 3.15. The summed E-state index contributed by atoms with van der Waals surface area (Å²) in [4.78, 5) is 0. The van der Waals surface area contributed by atoms with Gasteiger partial charge in [0.05, 0.1) is 11.6 Å². The largest absolute Gasteiger partial charge is 0.473 e. The van der Waals surface area contributed by atoms with E-state index in [0.29, 0.717) is 5.56 Å². The number of hydrogen-bond donors (Lipinski definition) is 0. The molecule has 0 aliphatic carbocycles. The highest BCUT2D eigenvalue weighted by molar-refractivity contribution is 5.95. The van der Waals surface area contributed by atoms with Gasteiger partial charge >= 0.3 is 0 Å². The number of fused-ring (bicyclic) bond motifs is 4. The second kappa shape index (κ2) is 7.11. The molecule has 0 N–H and O–H groups in total. The third-order valence-corrected chi connectivity index (χ3v) is 6.29. The highest BCUT2D eigenvalue weighted by atomic mass is 16.5. The Morgan fingerprint density at radius 2 is 1.44 bits per heavy atom. The maximum Gasteiger partial charge on any atom is 0.178 e. The Morgan fingerprint density at radius 1 is 0.656 bits per heavy atom. The van der Waals surface area contributed by atoms with Crippen LogP contribution in [0.3, 0.4) is 0 Å². The van der Waals surface area contributed by atoms with E-state index in [9.17, 15) is 5.26 Å². The predicted molar refractivity (Wildman–Crippen MR) is 129 cm³/mol. The first-order valence-corrected chi connectivity index (χ1v) is 10.7. The van der Waals surface area contributed by atoms with Crippen LogP contribution in [0.2, 0.25) is 0 Å². The van der Waals surface area contributed by atoms with Gasteiger partial charge in [-0.25, -0.2) is 0 Å². The lowest BCUT2D eigenvalue weighted by Crippen LogP contribution is -2.34. The summed E-state index contributed by atoms with van der Waals surface area (Å²) < 4.78 is 6.85. The maximum absolute atomic E-state index is 9.24. The molecule has 2 nitrogen and oxygen atoms in total. The molecule has 0 saturated carbocycles. The van der Waals surface area contributed by atoms with Gasteiger partial charge in [-0.05, 0) is 58.0 Å². The van der Waals surface area contributed by atoms with Crippen molar-refractivity contribution in [2.24, 2.45) is 0 Å². The van der Waals surface area contributed by atoms with Gasteiger partial charge in [0.2, 0.25) is 0 Å². The van der Waals surface area contributed by atoms with Crippen molar-refractivity contribution in [3.8, 4) is 11.8 Å². The molecule has 1 atom stereocenters. The molecular formula is C30H19NO. The Labute approximate surface area is 186 Å². The van der Waals surface area contributed by atoms with Gasteiger partial charge in [0.25, 0.3) is 0 Å². The van der Waals surface area contributed by atoms with Crippen LogP contribution < -0.4 is 4.74 Å². The van der Waals surface area contributed by atoms with Gasteiger partial charge in [0, 0.05) is 16.7 Å². The highest BCUT2D eigenvalue weighted by Crippen LogP contribution is 2.44. The lowest BCUT2D eigenvalue weighted by atomic mass is 9.82. The molecule has 5 aromatic rings. The SMILES string of the molecule is N#Cc1ccc2c3c(ccc2c1)OC(c1ccccc1)(c1ccc2ccccc2c1)C=C3. The Bertz CT molecular complexity index is 1560. The number of ether oxygens (including phenoxy) is 1. The number of nitrogens with zero attached hydrogens (tertiary/aromatic N) is 1. The van der Waals surface area contributed by atoms with E-state index in [-0.39, 0.29) is 0 Å². The first-order chi connectivity index (χ1) is 15.8. The molecule has 1 heterocycles. The van der Waals surface area contributed by atoms with E-state index in [1.54, 1.807) is 0 Å². The lowest BCUT2D eigenvalue weighted by molar-refractivity contribution is 0.161. The fourth-order valence-corrected chi connectivity index (χ4v) is 4.66. The number of hydrogen-bond acceptors (Lipinski definition) is 2. The average molecular weight is 409 g/mol. The monoisotopic (exact) mass is 409 g/mol. The first-order valence-electron chi connectivity index (χ1n) is 10.7. The van der Waals surface area contributed by atoms with Crippen LogP contribution in [0.25, 0.3) is 27.6 Å². The lowest BCUT2D eigenvalue weighted by Gasteiger charge is -2.36. The predicted octanol–water partition coefficient (Wildman–Crippen LogP) is 7.21. The zero-order chi connectivity index (χ0) is 21.5. The van der Waals surface area contributed by atoms with E-state index in [1.165, 1.54) is 10.8 Å². The van der Waals surface area contributed by atoms with E-state index in [0.717, 1.165) is 33.2 Å². The summed E-state index contributed by atoms with van der Waals surface area (Å²) >= 11 is 0. The zero-order valence-corrected chi connectivity index (χ0v) is 17.3. The summed E-state index contributed by atoms with van der Waals surface area (Å²) in [5, 5.41) is 13.8. The Kier molecular flexibility index (Phi) is 4.09. The molecule has 1 unspecified atom stereocenters. The molecule has 0 fully saturated rings. The quantitative estimate of drug-likeness (QED) is 0.308. The Hall–Kier alpha value is -4.35. The summed E-state index contributed by atoms with van der Waals surface area (Å²) in [6.07, 6.45) is 4.32. The number of benzene rings is 5. The van der Waals surface area contributed by atoms with Crippen molar-refractivity contribution >= 4 is 27.6 Å². The molecule has 0 amide bonds. The number of rotatable bonds is 2. The minimum Gasteiger partial charge on any atom is -0.473 e. The summed E-state index contributed by atoms with van der Waals surface area (Å²) in [6.45, 7) is 0. The van der Waals surface area contributed by atoms with Crippen molar-refractivity contribution in [3.63, 3.8) is 0 Å². The van der Waals surface area contributed by atoms with Crippen LogP contribution in [0.4, 0.5) is 0 Å². The average Bonchev–Trinajstić information content (AvgIpc) is 2.88. The first kappa shape index (κ1) is 18.4. The van der Waals surface area contributed by atoms with Crippen molar-refractivity contribution in [1.82, 2.24) is 0 Å². The number of nitriles is 1. The van der Waals surface area contributed by atoms with Crippen molar-refractivity contribution in [3.05, 3.63) is 131 Å². The molecular weight excluding hydrogens is 390 g/mol. The molecule has 1 aliphatic rings. The fraction of sp³-hybridized carbons (Fsp3) is 0.0333. The van der Waals surface area contributed by atoms with E-state index >= 15 is 0 Å². The van der Waals surface area contributed by atoms with Gasteiger partial charge in [0.15, 0.2) is 5.60 Å². The topological polar surface area (TPSA) is 33.0 Å². The fourth-order valence-electron chi connectivity index (χ4n) is 4.66. The molecule has 2 heteroatoms. The van der Waals surface area contributed by atoms with E-state index < -0.39 is 5.60 Å². The van der Waals surface area contributed by atoms with Gasteiger partial charge in [-0.3, -0.25) is 0 Å². The normalized spacial score (nSPS) is 17.0. The van der Waals surface area contributed by atoms with Crippen LogP contribution >= 0.6 is 0 Å². The van der Waals surface area contributed by atoms with Gasteiger partial charge < -0.3 is 4.74 Å². The van der Waals surface area contributed by atoms with Crippen molar-refractivity contribution in [1.29, 1.82) is 5.26 Å². The zero-order valence-electron chi connectivity index (χ0n) is 17.3. The second-order valence-corrected chi connectivity index (χ2v) is 8.12. The van der Waals surface area contributed by atoms with Crippen LogP contribution in [0.15, 0.2) is 109 Å². The van der Waals surface area contributed by atoms with Crippen LogP contribution in [0.1, 0.15) is 22.3 Å². The highest BCUT2D eigenvalue weighted by Gasteiger charge is 2.37. The summed E-state index contributed by atoms with van der Waals surface area (Å²) in [5.74, 6) is 0.835. The maximum atomic E-state index is 9.24. The third kappa shape index (κ3) is 2.80. The Balaban J connectivity index is 1.57. The van der Waals surface area contributed by atoms with E-state index in [2.05, 4.69) is 85.0 Å². The molecule has 0 aromatic heterocycles. The standard InChI is InChI=1S/C30H19NO/c31-20-21-10-14-27-24(18-21)12-15-29-28(27)16-17-30(32-29,25-8-2-1-3-9-25)26-13-11-22-6-4-5-7-23(22)19-26/h1-19H. The van der Waals surface area contributed by atoms with Crippen LogP contribution in [-0.2, 0) is 5.60 Å². The van der Waals surface area contributed by atoms with Crippen LogP contribution in [-0.4, -0.2) is 0 Å². The molecule has 0 spiro atoms. The third-order valence-electron chi connectivity index (χ3n) is 6.29. The van der Waals surface area contributed by atoms with Crippen LogP contribution in [0, 0.1) is 11.3 Å². The molecule has 5 aromatic carbocycles. The molecule has 0 saturated heterocycles. The Morgan fingerprint density at radius 3 is 2.28 bits per heavy atom. The summed E-state index contributed by atoms with van der Waals surface area (Å²) in [7, 11) is 0. The van der Waals surface area contributed by atoms with Gasteiger partial charge in [-0.15, -0.1) is 0 Å². The van der Waals surface area contributed by atoms with E-state index in [4.69, 9.17) is 4.74 Å². The second-order valence-electron chi connectivity index (χ2n) is 8.12. The van der Waals surface area contributed by atoms with Gasteiger partial charge in [-0.1, -0.05) is 78.9 Å². The minimum absolute atomic E-state index is 0.660. The van der Waals surface area contributed by atoms with Crippen molar-refractivity contribution in [2.75, 3.05) is 0 Å². The van der Waals surface area contributed by atoms with Crippen molar-refractivity contribution in [2.45, 2.75) is 5.60 Å². The molecule has 0 radical (unpaired) electrons. The molecule has 150 valence electrons. The minimum atomic E-state index is -0.724. The van der Waals surface area contributed by atoms with Crippen LogP contribution in [0.5, 0.6) is 5.75 Å². The molecule has 6 rings (SSSR count). The summed E-state index contributed by atoms with van der Waals surface area (Å²) in [6, 6.07) is 37.3. The van der Waals surface area contributed by atoms with Crippen molar-refractivity contribution < 1.29 is 4.74 Å².